The summed E-state index contributed by atoms with van der Waals surface area (Å²) < 4.78 is 0. The molecular formula is C17H22N2O2. The number of benzene rings is 1. The van der Waals surface area contributed by atoms with Crippen molar-refractivity contribution < 1.29 is 9.90 Å². The summed E-state index contributed by atoms with van der Waals surface area (Å²) >= 11 is 0. The maximum Gasteiger partial charge on any atom is 0.223 e. The molecule has 0 saturated heterocycles. The van der Waals surface area contributed by atoms with Gasteiger partial charge in [-0.2, -0.15) is 0 Å². The highest BCUT2D eigenvalue weighted by Crippen LogP contribution is 2.69. The molecule has 3 aliphatic carbocycles. The summed E-state index contributed by atoms with van der Waals surface area (Å²) in [4.78, 5) is 12.3. The van der Waals surface area contributed by atoms with Crippen molar-refractivity contribution in [3.05, 3.63) is 29.8 Å². The number of nitrogen functional groups attached to an aromatic ring is 1. The van der Waals surface area contributed by atoms with Gasteiger partial charge in [-0.25, -0.2) is 0 Å². The smallest absolute Gasteiger partial charge is 0.223 e. The molecule has 0 aliphatic heterocycles. The second-order valence-corrected chi connectivity index (χ2v) is 6.94. The van der Waals surface area contributed by atoms with Crippen molar-refractivity contribution in [2.45, 2.75) is 25.4 Å². The molecular weight excluding hydrogens is 264 g/mol. The number of rotatable bonds is 4. The SMILES string of the molecule is Nc1ccc(C(O)CNC(=O)C2C3C4CCC(C4)C23)cc1. The fourth-order valence-electron chi connectivity index (χ4n) is 4.83. The summed E-state index contributed by atoms with van der Waals surface area (Å²) in [7, 11) is 0. The van der Waals surface area contributed by atoms with E-state index in [-0.39, 0.29) is 18.4 Å². The Labute approximate surface area is 124 Å². The van der Waals surface area contributed by atoms with Crippen molar-refractivity contribution in [2.24, 2.45) is 29.6 Å². The molecule has 3 saturated carbocycles. The Bertz CT molecular complexity index is 540. The third-order valence-corrected chi connectivity index (χ3v) is 5.83. The predicted molar refractivity (Wildman–Crippen MR) is 80.1 cm³/mol. The van der Waals surface area contributed by atoms with Crippen molar-refractivity contribution in [2.75, 3.05) is 12.3 Å². The van der Waals surface area contributed by atoms with Gasteiger partial charge >= 0.3 is 0 Å². The van der Waals surface area contributed by atoms with Crippen molar-refractivity contribution in [3.8, 4) is 0 Å². The van der Waals surface area contributed by atoms with Gasteiger partial charge in [-0.15, -0.1) is 0 Å². The van der Waals surface area contributed by atoms with E-state index >= 15 is 0 Å². The van der Waals surface area contributed by atoms with Gasteiger partial charge in [-0.1, -0.05) is 12.1 Å². The van der Waals surface area contributed by atoms with Gasteiger partial charge in [-0.05, 0) is 60.6 Å². The second kappa shape index (κ2) is 4.73. The number of aliphatic hydroxyl groups excluding tert-OH is 1. The van der Waals surface area contributed by atoms with E-state index in [2.05, 4.69) is 5.32 Å². The van der Waals surface area contributed by atoms with Gasteiger partial charge < -0.3 is 16.2 Å². The van der Waals surface area contributed by atoms with E-state index in [9.17, 15) is 9.90 Å². The summed E-state index contributed by atoms with van der Waals surface area (Å²) in [5.74, 6) is 3.29. The minimum atomic E-state index is -0.662. The molecule has 4 nitrogen and oxygen atoms in total. The van der Waals surface area contributed by atoms with E-state index < -0.39 is 6.10 Å². The minimum absolute atomic E-state index is 0.149. The zero-order chi connectivity index (χ0) is 14.6. The molecule has 0 heterocycles. The summed E-state index contributed by atoms with van der Waals surface area (Å²) in [5.41, 5.74) is 7.10. The number of carbonyl (C=O) groups excluding carboxylic acids is 1. The maximum atomic E-state index is 12.3. The Morgan fingerprint density at radius 2 is 1.86 bits per heavy atom. The monoisotopic (exact) mass is 286 g/mol. The molecule has 4 heteroatoms. The van der Waals surface area contributed by atoms with Crippen LogP contribution >= 0.6 is 0 Å². The van der Waals surface area contributed by atoms with Crippen molar-refractivity contribution in [3.63, 3.8) is 0 Å². The van der Waals surface area contributed by atoms with Crippen LogP contribution in [0, 0.1) is 29.6 Å². The average Bonchev–Trinajstić information content (AvgIpc) is 2.93. The molecule has 112 valence electrons. The molecule has 1 aromatic rings. The number of aliphatic hydroxyl groups is 1. The van der Waals surface area contributed by atoms with Crippen LogP contribution in [0.5, 0.6) is 0 Å². The average molecular weight is 286 g/mol. The van der Waals surface area contributed by atoms with Crippen LogP contribution in [0.25, 0.3) is 0 Å². The number of nitrogens with one attached hydrogen (secondary N) is 1. The molecule has 5 atom stereocenters. The first-order chi connectivity index (χ1) is 10.1. The zero-order valence-corrected chi connectivity index (χ0v) is 12.0. The molecule has 0 spiro atoms. The van der Waals surface area contributed by atoms with Crippen LogP contribution in [0.4, 0.5) is 5.69 Å². The Morgan fingerprint density at radius 3 is 2.48 bits per heavy atom. The zero-order valence-electron chi connectivity index (χ0n) is 12.0. The van der Waals surface area contributed by atoms with Gasteiger partial charge in [0.25, 0.3) is 0 Å². The van der Waals surface area contributed by atoms with Crippen LogP contribution in [0.15, 0.2) is 24.3 Å². The normalized spacial score (nSPS) is 37.1. The molecule has 3 fully saturated rings. The van der Waals surface area contributed by atoms with E-state index in [0.717, 1.165) is 17.4 Å². The summed E-state index contributed by atoms with van der Waals surface area (Å²) in [6.07, 6.45) is 3.34. The molecule has 1 amide bonds. The molecule has 4 N–H and O–H groups in total. The lowest BCUT2D eigenvalue weighted by atomic mass is 10.0. The lowest BCUT2D eigenvalue weighted by Crippen LogP contribution is -2.31. The van der Waals surface area contributed by atoms with Crippen molar-refractivity contribution in [1.29, 1.82) is 0 Å². The van der Waals surface area contributed by atoms with Crippen LogP contribution in [0.3, 0.4) is 0 Å². The standard InChI is InChI=1S/C17H22N2O2/c18-12-5-3-9(4-6-12)13(20)8-19-17(21)16-14-10-1-2-11(7-10)15(14)16/h3-6,10-11,13-16,20H,1-2,7-8,18H2,(H,19,21). The van der Waals surface area contributed by atoms with Crippen molar-refractivity contribution >= 4 is 11.6 Å². The van der Waals surface area contributed by atoms with Crippen LogP contribution in [0.1, 0.15) is 30.9 Å². The Kier molecular flexibility index (Phi) is 2.96. The first-order valence-electron chi connectivity index (χ1n) is 7.96. The third-order valence-electron chi connectivity index (χ3n) is 5.83. The third kappa shape index (κ3) is 2.13. The lowest BCUT2D eigenvalue weighted by Gasteiger charge is -2.14. The van der Waals surface area contributed by atoms with Crippen LogP contribution in [-0.4, -0.2) is 17.6 Å². The van der Waals surface area contributed by atoms with Crippen LogP contribution < -0.4 is 11.1 Å². The molecule has 1 aromatic carbocycles. The van der Waals surface area contributed by atoms with Gasteiger partial charge in [-0.3, -0.25) is 4.79 Å². The van der Waals surface area contributed by atoms with E-state index in [1.54, 1.807) is 24.3 Å². The summed E-state index contributed by atoms with van der Waals surface area (Å²) in [6, 6.07) is 7.14. The second-order valence-electron chi connectivity index (χ2n) is 6.94. The first-order valence-corrected chi connectivity index (χ1v) is 7.96. The lowest BCUT2D eigenvalue weighted by molar-refractivity contribution is -0.123. The number of amides is 1. The highest BCUT2D eigenvalue weighted by Gasteiger charge is 2.67. The molecule has 5 unspecified atom stereocenters. The summed E-state index contributed by atoms with van der Waals surface area (Å²) in [5, 5.41) is 13.1. The van der Waals surface area contributed by atoms with Gasteiger partial charge in [0, 0.05) is 18.2 Å². The topological polar surface area (TPSA) is 75.3 Å². The van der Waals surface area contributed by atoms with Crippen LogP contribution in [-0.2, 0) is 4.79 Å². The molecule has 21 heavy (non-hydrogen) atoms. The van der Waals surface area contributed by atoms with E-state index in [4.69, 9.17) is 5.73 Å². The van der Waals surface area contributed by atoms with Gasteiger partial charge in [0.2, 0.25) is 5.91 Å². The molecule has 0 radical (unpaired) electrons. The molecule has 2 bridgehead atoms. The number of carbonyl (C=O) groups is 1. The first kappa shape index (κ1) is 13.1. The number of hydrogen-bond donors (Lipinski definition) is 3. The molecule has 4 rings (SSSR count). The largest absolute Gasteiger partial charge is 0.399 e. The molecule has 0 aromatic heterocycles. The number of anilines is 1. The maximum absolute atomic E-state index is 12.3. The minimum Gasteiger partial charge on any atom is -0.399 e. The van der Waals surface area contributed by atoms with E-state index in [1.807, 2.05) is 0 Å². The Hall–Kier alpha value is -1.55. The number of hydrogen-bond acceptors (Lipinski definition) is 3. The predicted octanol–water partition coefficient (Wildman–Crippen LogP) is 1.71. The summed E-state index contributed by atoms with van der Waals surface area (Å²) in [6.45, 7) is 0.286. The van der Waals surface area contributed by atoms with Crippen LogP contribution in [0.2, 0.25) is 0 Å². The van der Waals surface area contributed by atoms with E-state index in [1.165, 1.54) is 19.3 Å². The molecule has 3 aliphatic rings. The van der Waals surface area contributed by atoms with Crippen molar-refractivity contribution in [1.82, 2.24) is 5.32 Å². The van der Waals surface area contributed by atoms with Gasteiger partial charge in [0.1, 0.15) is 0 Å². The number of fused-ring (bicyclic) bond motifs is 5. The number of nitrogens with two attached hydrogens (primary N) is 1. The fraction of sp³-hybridized carbons (Fsp3) is 0.588. The Balaban J connectivity index is 1.31. The van der Waals surface area contributed by atoms with Gasteiger partial charge in [0.05, 0.1) is 6.10 Å². The quantitative estimate of drug-likeness (QED) is 0.738. The fourth-order valence-corrected chi connectivity index (χ4v) is 4.83. The highest BCUT2D eigenvalue weighted by atomic mass is 16.3. The van der Waals surface area contributed by atoms with Gasteiger partial charge in [0.15, 0.2) is 0 Å². The Morgan fingerprint density at radius 1 is 1.24 bits per heavy atom. The van der Waals surface area contributed by atoms with E-state index in [0.29, 0.717) is 17.5 Å². The highest BCUT2D eigenvalue weighted by molar-refractivity contribution is 5.82.